The van der Waals surface area contributed by atoms with Gasteiger partial charge in [0.05, 0.1) is 5.69 Å². The van der Waals surface area contributed by atoms with Crippen LogP contribution in [0.5, 0.6) is 0 Å². The van der Waals surface area contributed by atoms with Gasteiger partial charge in [-0.25, -0.2) is 0 Å². The number of likely N-dealkylation sites (tertiary alicyclic amines) is 1. The second-order valence-corrected chi connectivity index (χ2v) is 6.94. The molecule has 98 valence electrons. The Balaban J connectivity index is 1.75. The van der Waals surface area contributed by atoms with E-state index in [4.69, 9.17) is 0 Å². The van der Waals surface area contributed by atoms with Crippen molar-refractivity contribution in [1.29, 1.82) is 0 Å². The molecule has 3 heterocycles. The average molecular weight is 310 g/mol. The molecule has 0 bridgehead atoms. The second kappa shape index (κ2) is 4.58. The van der Waals surface area contributed by atoms with E-state index in [9.17, 15) is 0 Å². The lowest BCUT2D eigenvalue weighted by Gasteiger charge is -2.35. The van der Waals surface area contributed by atoms with Crippen LogP contribution in [0.1, 0.15) is 19.5 Å². The molecule has 2 aliphatic heterocycles. The molecule has 4 heteroatoms. The highest BCUT2D eigenvalue weighted by atomic mass is 79.9. The Bertz CT molecular complexity index is 429. The fraction of sp³-hybridized carbons (Fsp3) is 0.643. The Kier molecular flexibility index (Phi) is 3.20. The molecule has 3 rings (SSSR count). The number of rotatable bonds is 2. The van der Waals surface area contributed by atoms with Crippen LogP contribution in [-0.2, 0) is 6.54 Å². The van der Waals surface area contributed by atoms with Gasteiger partial charge in [-0.3, -0.25) is 9.88 Å². The average Bonchev–Trinajstić information content (AvgIpc) is 2.87. The largest absolute Gasteiger partial charge is 0.316 e. The molecule has 18 heavy (non-hydrogen) atoms. The first kappa shape index (κ1) is 12.6. The summed E-state index contributed by atoms with van der Waals surface area (Å²) in [6.45, 7) is 9.27. The minimum absolute atomic E-state index is 0.281. The van der Waals surface area contributed by atoms with Crippen LogP contribution in [0.25, 0.3) is 0 Å². The maximum Gasteiger partial charge on any atom is 0.0545 e. The van der Waals surface area contributed by atoms with E-state index in [0.29, 0.717) is 0 Å². The molecule has 0 spiro atoms. The van der Waals surface area contributed by atoms with E-state index < -0.39 is 0 Å². The third kappa shape index (κ3) is 2.10. The molecule has 3 nitrogen and oxygen atoms in total. The number of hydrogen-bond donors (Lipinski definition) is 1. The number of hydrogen-bond acceptors (Lipinski definition) is 3. The maximum absolute atomic E-state index is 4.50. The van der Waals surface area contributed by atoms with E-state index in [1.165, 1.54) is 25.3 Å². The number of halogens is 1. The summed E-state index contributed by atoms with van der Waals surface area (Å²) in [5.41, 5.74) is 1.45. The molecule has 2 atom stereocenters. The Morgan fingerprint density at radius 2 is 2.28 bits per heavy atom. The van der Waals surface area contributed by atoms with Gasteiger partial charge in [0.2, 0.25) is 0 Å². The SMILES string of the molecule is CC1(C)C2CNCC2CN1Cc1ccc(Br)cn1. The number of nitrogens with one attached hydrogen (secondary N) is 1. The summed E-state index contributed by atoms with van der Waals surface area (Å²) in [6, 6.07) is 4.19. The molecule has 0 aromatic carbocycles. The zero-order valence-corrected chi connectivity index (χ0v) is 12.6. The summed E-state index contributed by atoms with van der Waals surface area (Å²) in [6.07, 6.45) is 1.89. The van der Waals surface area contributed by atoms with E-state index in [0.717, 1.165) is 22.9 Å². The summed E-state index contributed by atoms with van der Waals surface area (Å²) in [5.74, 6) is 1.60. The van der Waals surface area contributed by atoms with Gasteiger partial charge in [-0.2, -0.15) is 0 Å². The zero-order chi connectivity index (χ0) is 12.8. The number of pyridine rings is 1. The number of aromatic nitrogens is 1. The van der Waals surface area contributed by atoms with Crippen molar-refractivity contribution in [3.05, 3.63) is 28.5 Å². The van der Waals surface area contributed by atoms with Gasteiger partial charge in [-0.05, 0) is 60.3 Å². The molecule has 0 amide bonds. The van der Waals surface area contributed by atoms with Crippen molar-refractivity contribution in [3.63, 3.8) is 0 Å². The minimum atomic E-state index is 0.281. The fourth-order valence-corrected chi connectivity index (χ4v) is 3.70. The van der Waals surface area contributed by atoms with Crippen LogP contribution < -0.4 is 5.32 Å². The molecule has 1 aromatic rings. The molecule has 0 saturated carbocycles. The van der Waals surface area contributed by atoms with Gasteiger partial charge in [-0.1, -0.05) is 0 Å². The van der Waals surface area contributed by atoms with Gasteiger partial charge in [0, 0.05) is 35.8 Å². The molecule has 2 saturated heterocycles. The first-order valence-electron chi connectivity index (χ1n) is 6.63. The van der Waals surface area contributed by atoms with E-state index in [-0.39, 0.29) is 5.54 Å². The first-order chi connectivity index (χ1) is 8.57. The van der Waals surface area contributed by atoms with Crippen LogP contribution in [0, 0.1) is 11.8 Å². The van der Waals surface area contributed by atoms with Crippen molar-refractivity contribution in [2.24, 2.45) is 11.8 Å². The molecule has 2 aliphatic rings. The standard InChI is InChI=1S/C14H20BrN3/c1-14(2)13-7-16-5-10(13)8-18(14)9-12-4-3-11(15)6-17-12/h3-4,6,10,13,16H,5,7-9H2,1-2H3. The molecular weight excluding hydrogens is 290 g/mol. The lowest BCUT2D eigenvalue weighted by molar-refractivity contribution is 0.130. The van der Waals surface area contributed by atoms with Gasteiger partial charge >= 0.3 is 0 Å². The lowest BCUT2D eigenvalue weighted by atomic mass is 9.85. The van der Waals surface area contributed by atoms with Crippen molar-refractivity contribution in [1.82, 2.24) is 15.2 Å². The van der Waals surface area contributed by atoms with E-state index >= 15 is 0 Å². The van der Waals surface area contributed by atoms with E-state index in [1.54, 1.807) is 0 Å². The predicted molar refractivity (Wildman–Crippen MR) is 76.3 cm³/mol. The highest BCUT2D eigenvalue weighted by Gasteiger charge is 2.49. The van der Waals surface area contributed by atoms with Crippen LogP contribution in [0.15, 0.2) is 22.8 Å². The van der Waals surface area contributed by atoms with Crippen molar-refractivity contribution in [2.45, 2.75) is 25.9 Å². The van der Waals surface area contributed by atoms with E-state index in [2.05, 4.69) is 57.1 Å². The Morgan fingerprint density at radius 3 is 2.94 bits per heavy atom. The molecular formula is C14H20BrN3. The Hall–Kier alpha value is -0.450. The molecule has 1 aromatic heterocycles. The highest BCUT2D eigenvalue weighted by molar-refractivity contribution is 9.10. The quantitative estimate of drug-likeness (QED) is 0.908. The Labute approximate surface area is 117 Å². The Morgan fingerprint density at radius 1 is 1.44 bits per heavy atom. The van der Waals surface area contributed by atoms with Gasteiger partial charge in [-0.15, -0.1) is 0 Å². The van der Waals surface area contributed by atoms with Crippen molar-refractivity contribution in [2.75, 3.05) is 19.6 Å². The van der Waals surface area contributed by atoms with Crippen molar-refractivity contribution >= 4 is 15.9 Å². The normalized spacial score (nSPS) is 30.6. The van der Waals surface area contributed by atoms with Gasteiger partial charge < -0.3 is 5.32 Å². The van der Waals surface area contributed by atoms with Crippen LogP contribution in [0.3, 0.4) is 0 Å². The van der Waals surface area contributed by atoms with Crippen LogP contribution in [0.4, 0.5) is 0 Å². The summed E-state index contributed by atoms with van der Waals surface area (Å²) < 4.78 is 1.05. The molecule has 2 fully saturated rings. The van der Waals surface area contributed by atoms with Crippen LogP contribution >= 0.6 is 15.9 Å². The van der Waals surface area contributed by atoms with Gasteiger partial charge in [0.1, 0.15) is 0 Å². The summed E-state index contributed by atoms with van der Waals surface area (Å²) >= 11 is 3.44. The smallest absolute Gasteiger partial charge is 0.0545 e. The molecule has 1 N–H and O–H groups in total. The van der Waals surface area contributed by atoms with Gasteiger partial charge in [0.25, 0.3) is 0 Å². The third-order valence-electron chi connectivity index (χ3n) is 4.66. The predicted octanol–water partition coefficient (Wildman–Crippen LogP) is 2.27. The van der Waals surface area contributed by atoms with Gasteiger partial charge in [0.15, 0.2) is 0 Å². The minimum Gasteiger partial charge on any atom is -0.316 e. The summed E-state index contributed by atoms with van der Waals surface area (Å²) in [4.78, 5) is 7.09. The number of nitrogens with zero attached hydrogens (tertiary/aromatic N) is 2. The molecule has 2 unspecified atom stereocenters. The molecule has 0 radical (unpaired) electrons. The molecule has 0 aliphatic carbocycles. The first-order valence-corrected chi connectivity index (χ1v) is 7.43. The summed E-state index contributed by atoms with van der Waals surface area (Å²) in [7, 11) is 0. The lowest BCUT2D eigenvalue weighted by Crippen LogP contribution is -2.44. The van der Waals surface area contributed by atoms with Crippen molar-refractivity contribution in [3.8, 4) is 0 Å². The maximum atomic E-state index is 4.50. The summed E-state index contributed by atoms with van der Waals surface area (Å²) in [5, 5.41) is 3.52. The van der Waals surface area contributed by atoms with Crippen LogP contribution in [-0.4, -0.2) is 35.1 Å². The van der Waals surface area contributed by atoms with Crippen LogP contribution in [0.2, 0.25) is 0 Å². The highest BCUT2D eigenvalue weighted by Crippen LogP contribution is 2.41. The second-order valence-electron chi connectivity index (χ2n) is 6.03. The third-order valence-corrected chi connectivity index (χ3v) is 5.13. The fourth-order valence-electron chi connectivity index (χ4n) is 3.47. The monoisotopic (exact) mass is 309 g/mol. The number of fused-ring (bicyclic) bond motifs is 1. The topological polar surface area (TPSA) is 28.2 Å². The van der Waals surface area contributed by atoms with E-state index in [1.807, 2.05) is 6.20 Å². The zero-order valence-electron chi connectivity index (χ0n) is 11.0. The van der Waals surface area contributed by atoms with Crippen molar-refractivity contribution < 1.29 is 0 Å².